The highest BCUT2D eigenvalue weighted by atomic mass is 16.1. The predicted octanol–water partition coefficient (Wildman–Crippen LogP) is 2.27. The average molecular weight is 270 g/mol. The zero-order valence-electron chi connectivity index (χ0n) is 11.7. The van der Waals surface area contributed by atoms with Gasteiger partial charge in [0.25, 0.3) is 0 Å². The number of aryl methyl sites for hydroxylation is 3. The predicted molar refractivity (Wildman–Crippen MR) is 79.8 cm³/mol. The SMILES string of the molecule is Cc1cccc(CCC(=O)Nc2ccc(=O)n(C)c2)c1. The van der Waals surface area contributed by atoms with Crippen LogP contribution in [0.2, 0.25) is 0 Å². The van der Waals surface area contributed by atoms with Crippen LogP contribution in [0.25, 0.3) is 0 Å². The molecule has 0 aliphatic carbocycles. The molecule has 4 nitrogen and oxygen atoms in total. The molecule has 2 aromatic rings. The van der Waals surface area contributed by atoms with Crippen molar-refractivity contribution < 1.29 is 4.79 Å². The van der Waals surface area contributed by atoms with Gasteiger partial charge in [0.2, 0.25) is 11.5 Å². The minimum absolute atomic E-state index is 0.0508. The number of carbonyl (C=O) groups excluding carboxylic acids is 1. The maximum atomic E-state index is 11.9. The Labute approximate surface area is 118 Å². The van der Waals surface area contributed by atoms with Crippen LogP contribution < -0.4 is 10.9 Å². The number of carbonyl (C=O) groups is 1. The molecule has 0 bridgehead atoms. The molecule has 0 spiro atoms. The molecule has 1 N–H and O–H groups in total. The number of amides is 1. The fourth-order valence-corrected chi connectivity index (χ4v) is 2.02. The maximum Gasteiger partial charge on any atom is 0.250 e. The fraction of sp³-hybridized carbons (Fsp3) is 0.250. The van der Waals surface area contributed by atoms with Crippen LogP contribution >= 0.6 is 0 Å². The molecule has 0 aliphatic rings. The highest BCUT2D eigenvalue weighted by Gasteiger charge is 2.04. The first-order valence-electron chi connectivity index (χ1n) is 6.57. The number of nitrogens with zero attached hydrogens (tertiary/aromatic N) is 1. The van der Waals surface area contributed by atoms with Gasteiger partial charge in [0, 0.05) is 25.7 Å². The van der Waals surface area contributed by atoms with Gasteiger partial charge in [-0.2, -0.15) is 0 Å². The Kier molecular flexibility index (Phi) is 4.35. The summed E-state index contributed by atoms with van der Waals surface area (Å²) in [5.41, 5.74) is 2.89. The molecule has 1 amide bonds. The Morgan fingerprint density at radius 2 is 2.05 bits per heavy atom. The summed E-state index contributed by atoms with van der Waals surface area (Å²) in [6.07, 6.45) is 2.75. The number of hydrogen-bond donors (Lipinski definition) is 1. The Morgan fingerprint density at radius 3 is 2.75 bits per heavy atom. The molecular formula is C16H18N2O2. The number of nitrogens with one attached hydrogen (secondary N) is 1. The Morgan fingerprint density at radius 1 is 1.25 bits per heavy atom. The lowest BCUT2D eigenvalue weighted by Crippen LogP contribution is -2.18. The van der Waals surface area contributed by atoms with Gasteiger partial charge in [-0.25, -0.2) is 0 Å². The van der Waals surface area contributed by atoms with Crippen molar-refractivity contribution >= 4 is 11.6 Å². The van der Waals surface area contributed by atoms with Crippen molar-refractivity contribution in [2.45, 2.75) is 19.8 Å². The lowest BCUT2D eigenvalue weighted by atomic mass is 10.1. The molecule has 0 unspecified atom stereocenters. The lowest BCUT2D eigenvalue weighted by molar-refractivity contribution is -0.116. The third kappa shape index (κ3) is 3.82. The summed E-state index contributed by atoms with van der Waals surface area (Å²) in [4.78, 5) is 23.1. The highest BCUT2D eigenvalue weighted by Crippen LogP contribution is 2.08. The molecule has 0 saturated heterocycles. The van der Waals surface area contributed by atoms with Crippen LogP contribution in [0.1, 0.15) is 17.5 Å². The third-order valence-corrected chi connectivity index (χ3v) is 3.09. The van der Waals surface area contributed by atoms with E-state index in [-0.39, 0.29) is 11.5 Å². The fourth-order valence-electron chi connectivity index (χ4n) is 2.02. The van der Waals surface area contributed by atoms with Gasteiger partial charge in [-0.1, -0.05) is 29.8 Å². The molecule has 1 heterocycles. The summed E-state index contributed by atoms with van der Waals surface area (Å²) < 4.78 is 1.44. The average Bonchev–Trinajstić information content (AvgIpc) is 2.41. The molecular weight excluding hydrogens is 252 g/mol. The van der Waals surface area contributed by atoms with Gasteiger partial charge < -0.3 is 9.88 Å². The van der Waals surface area contributed by atoms with Crippen molar-refractivity contribution in [2.24, 2.45) is 7.05 Å². The van der Waals surface area contributed by atoms with Gasteiger partial charge in [0.15, 0.2) is 0 Å². The molecule has 104 valence electrons. The monoisotopic (exact) mass is 270 g/mol. The third-order valence-electron chi connectivity index (χ3n) is 3.09. The number of rotatable bonds is 4. The zero-order valence-corrected chi connectivity index (χ0v) is 11.7. The van der Waals surface area contributed by atoms with E-state index in [0.717, 1.165) is 5.56 Å². The van der Waals surface area contributed by atoms with E-state index < -0.39 is 0 Å². The lowest BCUT2D eigenvalue weighted by Gasteiger charge is -2.07. The molecule has 0 aliphatic heterocycles. The summed E-state index contributed by atoms with van der Waals surface area (Å²) in [6.45, 7) is 2.04. The normalized spacial score (nSPS) is 10.3. The van der Waals surface area contributed by atoms with E-state index in [4.69, 9.17) is 0 Å². The summed E-state index contributed by atoms with van der Waals surface area (Å²) in [5.74, 6) is -0.0508. The molecule has 1 aromatic carbocycles. The molecule has 0 fully saturated rings. The number of aromatic nitrogens is 1. The number of pyridine rings is 1. The molecule has 2 rings (SSSR count). The standard InChI is InChI=1S/C16H18N2O2/c1-12-4-3-5-13(10-12)6-8-15(19)17-14-7-9-16(20)18(2)11-14/h3-5,7,9-11H,6,8H2,1-2H3,(H,17,19). The van der Waals surface area contributed by atoms with E-state index >= 15 is 0 Å². The van der Waals surface area contributed by atoms with Crippen LogP contribution in [0.5, 0.6) is 0 Å². The second-order valence-corrected chi connectivity index (χ2v) is 4.90. The van der Waals surface area contributed by atoms with E-state index in [9.17, 15) is 9.59 Å². The van der Waals surface area contributed by atoms with Gasteiger partial charge in [-0.3, -0.25) is 9.59 Å². The van der Waals surface area contributed by atoms with Gasteiger partial charge in [0.05, 0.1) is 5.69 Å². The van der Waals surface area contributed by atoms with E-state index in [1.54, 1.807) is 19.3 Å². The number of anilines is 1. The van der Waals surface area contributed by atoms with Crippen LogP contribution in [-0.2, 0) is 18.3 Å². The smallest absolute Gasteiger partial charge is 0.250 e. The van der Waals surface area contributed by atoms with E-state index in [0.29, 0.717) is 18.5 Å². The van der Waals surface area contributed by atoms with Gasteiger partial charge in [0.1, 0.15) is 0 Å². The maximum absolute atomic E-state index is 11.9. The first-order valence-corrected chi connectivity index (χ1v) is 6.57. The first kappa shape index (κ1) is 14.1. The Hall–Kier alpha value is -2.36. The quantitative estimate of drug-likeness (QED) is 0.926. The van der Waals surface area contributed by atoms with Crippen molar-refractivity contribution in [1.29, 1.82) is 0 Å². The van der Waals surface area contributed by atoms with Crippen LogP contribution in [0.3, 0.4) is 0 Å². The largest absolute Gasteiger partial charge is 0.325 e. The summed E-state index contributed by atoms with van der Waals surface area (Å²) >= 11 is 0. The van der Waals surface area contributed by atoms with Crippen LogP contribution in [0.15, 0.2) is 47.4 Å². The topological polar surface area (TPSA) is 51.1 Å². The van der Waals surface area contributed by atoms with Crippen LogP contribution in [0, 0.1) is 6.92 Å². The van der Waals surface area contributed by atoms with Gasteiger partial charge in [-0.15, -0.1) is 0 Å². The van der Waals surface area contributed by atoms with Gasteiger partial charge in [-0.05, 0) is 25.0 Å². The van der Waals surface area contributed by atoms with E-state index in [1.807, 2.05) is 25.1 Å². The minimum atomic E-state index is -0.0947. The number of benzene rings is 1. The van der Waals surface area contributed by atoms with Crippen molar-refractivity contribution in [3.63, 3.8) is 0 Å². The first-order chi connectivity index (χ1) is 9.54. The minimum Gasteiger partial charge on any atom is -0.325 e. The molecule has 20 heavy (non-hydrogen) atoms. The van der Waals surface area contributed by atoms with E-state index in [1.165, 1.54) is 16.2 Å². The summed E-state index contributed by atoms with van der Waals surface area (Å²) in [6, 6.07) is 11.2. The second-order valence-electron chi connectivity index (χ2n) is 4.90. The summed E-state index contributed by atoms with van der Waals surface area (Å²) in [7, 11) is 1.66. The van der Waals surface area contributed by atoms with Crippen molar-refractivity contribution in [3.05, 3.63) is 64.1 Å². The zero-order chi connectivity index (χ0) is 14.5. The summed E-state index contributed by atoms with van der Waals surface area (Å²) in [5, 5.41) is 2.80. The van der Waals surface area contributed by atoms with Crippen molar-refractivity contribution in [2.75, 3.05) is 5.32 Å². The second kappa shape index (κ2) is 6.19. The molecule has 0 atom stereocenters. The molecule has 0 radical (unpaired) electrons. The Balaban J connectivity index is 1.92. The number of hydrogen-bond acceptors (Lipinski definition) is 2. The van der Waals surface area contributed by atoms with Crippen molar-refractivity contribution in [3.8, 4) is 0 Å². The Bertz CT molecular complexity index is 674. The van der Waals surface area contributed by atoms with Crippen molar-refractivity contribution in [1.82, 2.24) is 4.57 Å². The highest BCUT2D eigenvalue weighted by molar-refractivity contribution is 5.90. The van der Waals surface area contributed by atoms with Crippen LogP contribution in [-0.4, -0.2) is 10.5 Å². The van der Waals surface area contributed by atoms with Crippen LogP contribution in [0.4, 0.5) is 5.69 Å². The van der Waals surface area contributed by atoms with E-state index in [2.05, 4.69) is 11.4 Å². The van der Waals surface area contributed by atoms with Gasteiger partial charge >= 0.3 is 0 Å². The molecule has 1 aromatic heterocycles. The molecule has 0 saturated carbocycles. The molecule has 4 heteroatoms.